The van der Waals surface area contributed by atoms with E-state index in [0.717, 1.165) is 18.2 Å². The Bertz CT molecular complexity index is 1670. The van der Waals surface area contributed by atoms with Crippen LogP contribution in [-0.4, -0.2) is 53.3 Å². The van der Waals surface area contributed by atoms with Gasteiger partial charge in [-0.2, -0.15) is 13.2 Å². The maximum absolute atomic E-state index is 14.5. The topological polar surface area (TPSA) is 140 Å². The van der Waals surface area contributed by atoms with Gasteiger partial charge in [0.2, 0.25) is 11.5 Å². The number of hydrogen-bond donors (Lipinski definition) is 4. The van der Waals surface area contributed by atoms with Gasteiger partial charge in [-0.05, 0) is 61.5 Å². The molecule has 4 aromatic rings. The number of nitrogens with two attached hydrogens (primary N) is 1. The number of carbonyl (C=O) groups excluding carboxylic acids is 2. The van der Waals surface area contributed by atoms with Crippen LogP contribution in [0.25, 0.3) is 22.2 Å². The quantitative estimate of drug-likeness (QED) is 0.249. The van der Waals surface area contributed by atoms with E-state index in [1.165, 1.54) is 32.2 Å². The Hall–Kier alpha value is -4.65. The molecule has 2 amide bonds. The number of hydrogen-bond acceptors (Lipinski definition) is 6. The molecule has 2 aromatic carbocycles. The molecular weight excluding hydrogens is 548 g/mol. The lowest BCUT2D eigenvalue weighted by molar-refractivity contribution is -0.265. The minimum absolute atomic E-state index is 0.0243. The third-order valence-corrected chi connectivity index (χ3v) is 7.20. The zero-order chi connectivity index (χ0) is 29.7. The fourth-order valence-corrected chi connectivity index (χ4v) is 4.60. The van der Waals surface area contributed by atoms with Crippen LogP contribution in [0.3, 0.4) is 0 Å². The zero-order valence-corrected chi connectivity index (χ0v) is 21.7. The molecule has 13 heteroatoms. The lowest BCUT2D eigenvalue weighted by Crippen LogP contribution is -2.52. The second-order valence-electron chi connectivity index (χ2n) is 9.90. The van der Waals surface area contributed by atoms with Gasteiger partial charge >= 0.3 is 6.18 Å². The number of carbonyl (C=O) groups is 2. The highest BCUT2D eigenvalue weighted by Gasteiger charge is 2.57. The Morgan fingerprint density at radius 2 is 1.88 bits per heavy atom. The van der Waals surface area contributed by atoms with Crippen LogP contribution >= 0.6 is 0 Å². The number of methoxy groups -OCH3 is 1. The molecule has 41 heavy (non-hydrogen) atoms. The monoisotopic (exact) mass is 572 g/mol. The van der Waals surface area contributed by atoms with Gasteiger partial charge in [-0.3, -0.25) is 9.59 Å². The lowest BCUT2D eigenvalue weighted by Gasteiger charge is -2.31. The molecule has 5 rings (SSSR count). The van der Waals surface area contributed by atoms with Crippen LogP contribution in [0.4, 0.5) is 17.6 Å². The number of primary amides is 1. The van der Waals surface area contributed by atoms with E-state index in [1.54, 1.807) is 18.2 Å². The molecule has 2 aromatic heterocycles. The number of halogens is 4. The number of nitrogens with one attached hydrogen (secondary N) is 2. The predicted molar refractivity (Wildman–Crippen MR) is 139 cm³/mol. The molecule has 0 spiro atoms. The Labute approximate surface area is 230 Å². The van der Waals surface area contributed by atoms with E-state index in [9.17, 15) is 32.3 Å². The average molecular weight is 573 g/mol. The number of amides is 2. The average Bonchev–Trinajstić information content (AvgIpc) is 3.52. The molecule has 3 heterocycles. The van der Waals surface area contributed by atoms with Gasteiger partial charge in [-0.1, -0.05) is 0 Å². The molecule has 2 atom stereocenters. The van der Waals surface area contributed by atoms with E-state index in [4.69, 9.17) is 15.2 Å². The number of pyridine rings is 1. The van der Waals surface area contributed by atoms with Crippen LogP contribution in [0, 0.1) is 5.82 Å². The number of ether oxygens (including phenoxy) is 2. The molecule has 9 nitrogen and oxygen atoms in total. The van der Waals surface area contributed by atoms with Gasteiger partial charge in [-0.15, -0.1) is 0 Å². The summed E-state index contributed by atoms with van der Waals surface area (Å²) in [5, 5.41) is 13.8. The molecule has 0 fully saturated rings. The number of aliphatic hydroxyl groups is 1. The fourth-order valence-electron chi connectivity index (χ4n) is 4.60. The first-order valence-electron chi connectivity index (χ1n) is 12.3. The molecule has 1 aliphatic rings. The highest BCUT2D eigenvalue weighted by Crippen LogP contribution is 2.47. The molecule has 0 aliphatic carbocycles. The summed E-state index contributed by atoms with van der Waals surface area (Å²) < 4.78 is 68.0. The van der Waals surface area contributed by atoms with E-state index in [0.29, 0.717) is 16.7 Å². The Balaban J connectivity index is 1.57. The summed E-state index contributed by atoms with van der Waals surface area (Å²) in [5.74, 6) is -1.91. The van der Waals surface area contributed by atoms with Crippen LogP contribution in [0.1, 0.15) is 28.7 Å². The molecule has 0 radical (unpaired) electrons. The normalized spacial score (nSPS) is 17.9. The maximum Gasteiger partial charge on any atom is 0.424 e. The van der Waals surface area contributed by atoms with Crippen molar-refractivity contribution in [2.24, 2.45) is 5.73 Å². The van der Waals surface area contributed by atoms with Crippen molar-refractivity contribution in [3.8, 4) is 22.8 Å². The molecule has 214 valence electrons. The number of rotatable bonds is 7. The summed E-state index contributed by atoms with van der Waals surface area (Å²) in [6.07, 6.45) is -5.34. The first-order valence-corrected chi connectivity index (χ1v) is 12.3. The maximum atomic E-state index is 14.5. The molecule has 0 bridgehead atoms. The first kappa shape index (κ1) is 27.9. The summed E-state index contributed by atoms with van der Waals surface area (Å²) in [5.41, 5.74) is -0.149. The number of alkyl halides is 3. The Morgan fingerprint density at radius 3 is 2.51 bits per heavy atom. The smallest absolute Gasteiger partial charge is 0.424 e. The van der Waals surface area contributed by atoms with E-state index in [1.807, 2.05) is 0 Å². The van der Waals surface area contributed by atoms with E-state index < -0.39 is 47.1 Å². The summed E-state index contributed by atoms with van der Waals surface area (Å²) in [4.78, 5) is 32.1. The van der Waals surface area contributed by atoms with Crippen LogP contribution in [-0.2, 0) is 15.8 Å². The van der Waals surface area contributed by atoms with Gasteiger partial charge in [0.1, 0.15) is 40.7 Å². The largest absolute Gasteiger partial charge is 0.497 e. The van der Waals surface area contributed by atoms with Crippen LogP contribution in [0.5, 0.6) is 11.5 Å². The Kier molecular flexibility index (Phi) is 6.65. The number of nitrogens with zero attached hydrogens (tertiary/aromatic N) is 1. The van der Waals surface area contributed by atoms with Crippen molar-refractivity contribution in [2.45, 2.75) is 24.1 Å². The summed E-state index contributed by atoms with van der Waals surface area (Å²) >= 11 is 0. The van der Waals surface area contributed by atoms with Crippen LogP contribution < -0.4 is 20.5 Å². The lowest BCUT2D eigenvalue weighted by atomic mass is 9.81. The molecule has 1 unspecified atom stereocenters. The number of fused-ring (bicyclic) bond motifs is 2. The van der Waals surface area contributed by atoms with Gasteiger partial charge in [0.05, 0.1) is 19.3 Å². The number of aromatic nitrogens is 2. The molecular formula is C28H24F4N4O5. The van der Waals surface area contributed by atoms with E-state index in [2.05, 4.69) is 15.3 Å². The molecule has 1 aliphatic heterocycles. The summed E-state index contributed by atoms with van der Waals surface area (Å²) in [7, 11) is 1.46. The van der Waals surface area contributed by atoms with Crippen molar-refractivity contribution in [3.63, 3.8) is 0 Å². The standard InChI is InChI=1S/C28H24F4N4O5/c1-26(25(33)38)13-41-23-18(26)11-21(36-22(23)14-3-5-16(29)6-4-14)27(39,28(30,31)32)12-34-24(37)20-10-15-9-17(40-2)7-8-19(15)35-20/h3-11,35,39H,12-13H2,1-2H3,(H2,33,38)(H,34,37)/t26-,27?/m0/s1. The van der Waals surface area contributed by atoms with Crippen molar-refractivity contribution in [3.05, 3.63) is 77.4 Å². The number of benzene rings is 2. The summed E-state index contributed by atoms with van der Waals surface area (Å²) in [6.45, 7) is -0.223. The first-order chi connectivity index (χ1) is 19.3. The van der Waals surface area contributed by atoms with Gasteiger partial charge < -0.3 is 30.6 Å². The third kappa shape index (κ3) is 4.71. The van der Waals surface area contributed by atoms with Crippen molar-refractivity contribution < 1.29 is 41.7 Å². The van der Waals surface area contributed by atoms with Gasteiger partial charge in [0.15, 0.2) is 0 Å². The van der Waals surface area contributed by atoms with E-state index >= 15 is 0 Å². The van der Waals surface area contributed by atoms with Gasteiger partial charge in [-0.25, -0.2) is 9.37 Å². The van der Waals surface area contributed by atoms with Gasteiger partial charge in [0.25, 0.3) is 5.91 Å². The minimum atomic E-state index is -5.34. The van der Waals surface area contributed by atoms with Crippen molar-refractivity contribution in [1.82, 2.24) is 15.3 Å². The third-order valence-electron chi connectivity index (χ3n) is 7.20. The number of aromatic amines is 1. The van der Waals surface area contributed by atoms with Crippen molar-refractivity contribution in [1.29, 1.82) is 0 Å². The second-order valence-corrected chi connectivity index (χ2v) is 9.90. The molecule has 5 N–H and O–H groups in total. The summed E-state index contributed by atoms with van der Waals surface area (Å²) in [6, 6.07) is 11.9. The van der Waals surface area contributed by atoms with E-state index in [-0.39, 0.29) is 34.9 Å². The molecule has 0 saturated heterocycles. The Morgan fingerprint density at radius 1 is 1.17 bits per heavy atom. The fraction of sp³-hybridized carbons (Fsp3) is 0.250. The minimum Gasteiger partial charge on any atom is -0.497 e. The highest BCUT2D eigenvalue weighted by atomic mass is 19.4. The van der Waals surface area contributed by atoms with Crippen LogP contribution in [0.15, 0.2) is 54.6 Å². The van der Waals surface area contributed by atoms with Gasteiger partial charge in [0, 0.05) is 22.0 Å². The second kappa shape index (κ2) is 9.77. The predicted octanol–water partition coefficient (Wildman–Crippen LogP) is 3.69. The van der Waals surface area contributed by atoms with Crippen molar-refractivity contribution >= 4 is 22.7 Å². The number of H-pyrrole nitrogens is 1. The van der Waals surface area contributed by atoms with Crippen molar-refractivity contribution in [2.75, 3.05) is 20.3 Å². The molecule has 0 saturated carbocycles. The van der Waals surface area contributed by atoms with Crippen LogP contribution in [0.2, 0.25) is 0 Å². The zero-order valence-electron chi connectivity index (χ0n) is 21.7. The SMILES string of the molecule is COc1ccc2[nH]c(C(=O)NCC(O)(c3cc4c(c(-c5ccc(F)cc5)n3)OC[C@]4(C)C(N)=O)C(F)(F)F)cc2c1. The highest BCUT2D eigenvalue weighted by molar-refractivity contribution is 5.98.